The lowest BCUT2D eigenvalue weighted by molar-refractivity contribution is -0.384. The molecule has 8 nitrogen and oxygen atoms in total. The number of nitro benzene ring substituents is 1. The van der Waals surface area contributed by atoms with E-state index in [-0.39, 0.29) is 23.1 Å². The second-order valence-electron chi connectivity index (χ2n) is 7.08. The van der Waals surface area contributed by atoms with Crippen molar-refractivity contribution in [3.05, 3.63) is 69.4 Å². The number of rotatable bonds is 7. The summed E-state index contributed by atoms with van der Waals surface area (Å²) in [6.45, 7) is 1.33. The first-order valence-corrected chi connectivity index (χ1v) is 9.26. The number of nitrogens with zero attached hydrogens (tertiary/aromatic N) is 1. The van der Waals surface area contributed by atoms with Gasteiger partial charge in [-0.2, -0.15) is 0 Å². The van der Waals surface area contributed by atoms with Crippen LogP contribution in [0.5, 0.6) is 0 Å². The quantitative estimate of drug-likeness (QED) is 0.271. The van der Waals surface area contributed by atoms with E-state index in [4.69, 9.17) is 4.74 Å². The highest BCUT2D eigenvalue weighted by Gasteiger charge is 2.26. The minimum Gasteiger partial charge on any atom is -0.454 e. The van der Waals surface area contributed by atoms with Crippen LogP contribution < -0.4 is 5.32 Å². The zero-order valence-electron chi connectivity index (χ0n) is 15.7. The Morgan fingerprint density at radius 1 is 1.24 bits per heavy atom. The van der Waals surface area contributed by atoms with E-state index in [1.54, 1.807) is 6.92 Å². The molecule has 1 aliphatic rings. The Balaban J connectivity index is 1.49. The first-order valence-electron chi connectivity index (χ1n) is 9.26. The molecule has 0 saturated heterocycles. The Labute approximate surface area is 166 Å². The molecule has 29 heavy (non-hydrogen) atoms. The molecule has 0 atom stereocenters. The number of carbonyl (C=O) groups excluding carboxylic acids is 2. The van der Waals surface area contributed by atoms with Gasteiger partial charge in [0.25, 0.3) is 5.69 Å². The van der Waals surface area contributed by atoms with E-state index < -0.39 is 17.5 Å². The predicted octanol–water partition coefficient (Wildman–Crippen LogP) is 4.00. The van der Waals surface area contributed by atoms with Crippen LogP contribution in [-0.4, -0.2) is 34.3 Å². The van der Waals surface area contributed by atoms with Gasteiger partial charge in [-0.25, -0.2) is 4.79 Å². The highest BCUT2D eigenvalue weighted by molar-refractivity contribution is 6.10. The largest absolute Gasteiger partial charge is 0.454 e. The Bertz CT molecular complexity index is 1130. The van der Waals surface area contributed by atoms with Gasteiger partial charge in [-0.05, 0) is 38.0 Å². The summed E-state index contributed by atoms with van der Waals surface area (Å²) in [5.41, 5.74) is 2.21. The third-order valence-corrected chi connectivity index (χ3v) is 4.87. The van der Waals surface area contributed by atoms with Crippen molar-refractivity contribution in [2.45, 2.75) is 25.8 Å². The van der Waals surface area contributed by atoms with Crippen LogP contribution in [0.3, 0.4) is 0 Å². The fourth-order valence-electron chi connectivity index (χ4n) is 3.30. The van der Waals surface area contributed by atoms with Crippen LogP contribution in [0.1, 0.15) is 39.3 Å². The third-order valence-electron chi connectivity index (χ3n) is 4.87. The van der Waals surface area contributed by atoms with E-state index >= 15 is 0 Å². The van der Waals surface area contributed by atoms with E-state index in [0.29, 0.717) is 16.9 Å². The molecule has 1 saturated carbocycles. The molecule has 0 radical (unpaired) electrons. The molecule has 1 heterocycles. The molecule has 0 aliphatic heterocycles. The standard InChI is InChI=1S/C21H19N3O5/c1-12-20(15-4-2-3-5-16(15)22-12)19(25)11-29-21(26)13-6-9-17(23-14-7-8-14)18(10-13)24(27)28/h2-6,9-10,14,22-23H,7-8,11H2,1H3. The molecule has 0 spiro atoms. The summed E-state index contributed by atoms with van der Waals surface area (Å²) in [5.74, 6) is -1.12. The number of esters is 1. The molecule has 2 N–H and O–H groups in total. The summed E-state index contributed by atoms with van der Waals surface area (Å²) in [5, 5.41) is 15.2. The Morgan fingerprint density at radius 3 is 2.72 bits per heavy atom. The second kappa shape index (κ2) is 7.38. The summed E-state index contributed by atoms with van der Waals surface area (Å²) in [4.78, 5) is 38.9. The van der Waals surface area contributed by atoms with Gasteiger partial charge < -0.3 is 15.0 Å². The monoisotopic (exact) mass is 393 g/mol. The zero-order chi connectivity index (χ0) is 20.5. The Kier molecular flexibility index (Phi) is 4.75. The Morgan fingerprint density at radius 2 is 2.00 bits per heavy atom. The van der Waals surface area contributed by atoms with Gasteiger partial charge in [-0.15, -0.1) is 0 Å². The number of anilines is 1. The number of Topliss-reactive ketones (excluding diaryl/α,β-unsaturated/α-hetero) is 1. The normalized spacial score (nSPS) is 13.3. The van der Waals surface area contributed by atoms with Crippen molar-refractivity contribution in [3.63, 3.8) is 0 Å². The van der Waals surface area contributed by atoms with Crippen molar-refractivity contribution < 1.29 is 19.2 Å². The van der Waals surface area contributed by atoms with Crippen LogP contribution in [0.4, 0.5) is 11.4 Å². The van der Waals surface area contributed by atoms with E-state index in [1.807, 2.05) is 24.3 Å². The average Bonchev–Trinajstić information content (AvgIpc) is 3.45. The van der Waals surface area contributed by atoms with Crippen LogP contribution in [0.15, 0.2) is 42.5 Å². The lowest BCUT2D eigenvalue weighted by atomic mass is 10.1. The van der Waals surface area contributed by atoms with Crippen molar-refractivity contribution in [2.24, 2.45) is 0 Å². The van der Waals surface area contributed by atoms with E-state index in [9.17, 15) is 19.7 Å². The molecule has 1 fully saturated rings. The van der Waals surface area contributed by atoms with Crippen molar-refractivity contribution >= 4 is 34.0 Å². The third kappa shape index (κ3) is 3.82. The summed E-state index contributed by atoms with van der Waals surface area (Å²) >= 11 is 0. The van der Waals surface area contributed by atoms with Gasteiger partial charge in [0.1, 0.15) is 5.69 Å². The van der Waals surface area contributed by atoms with E-state index in [1.165, 1.54) is 18.2 Å². The van der Waals surface area contributed by atoms with Crippen LogP contribution in [0, 0.1) is 17.0 Å². The number of nitrogens with one attached hydrogen (secondary N) is 2. The van der Waals surface area contributed by atoms with Crippen molar-refractivity contribution in [1.82, 2.24) is 4.98 Å². The molecule has 1 aromatic heterocycles. The smallest absolute Gasteiger partial charge is 0.338 e. The van der Waals surface area contributed by atoms with Gasteiger partial charge in [0.05, 0.1) is 10.5 Å². The number of H-pyrrole nitrogens is 1. The maximum atomic E-state index is 12.6. The summed E-state index contributed by atoms with van der Waals surface area (Å²) in [6.07, 6.45) is 1.94. The van der Waals surface area contributed by atoms with Crippen LogP contribution in [-0.2, 0) is 4.74 Å². The molecular weight excluding hydrogens is 374 g/mol. The Hall–Kier alpha value is -3.68. The number of ether oxygens (including phenoxy) is 1. The molecule has 3 aromatic rings. The van der Waals surface area contributed by atoms with E-state index in [2.05, 4.69) is 10.3 Å². The number of ketones is 1. The SMILES string of the molecule is Cc1[nH]c2ccccc2c1C(=O)COC(=O)c1ccc(NC2CC2)c([N+](=O)[O-])c1. The molecule has 0 bridgehead atoms. The second-order valence-corrected chi connectivity index (χ2v) is 7.08. The molecule has 1 aliphatic carbocycles. The molecule has 0 amide bonds. The molecule has 2 aromatic carbocycles. The van der Waals surface area contributed by atoms with Crippen LogP contribution in [0.2, 0.25) is 0 Å². The number of hydrogen-bond acceptors (Lipinski definition) is 6. The van der Waals surface area contributed by atoms with E-state index in [0.717, 1.165) is 23.7 Å². The van der Waals surface area contributed by atoms with Gasteiger partial charge in [-0.1, -0.05) is 18.2 Å². The number of carbonyl (C=O) groups is 2. The maximum Gasteiger partial charge on any atom is 0.338 e. The number of aromatic amines is 1. The number of para-hydroxylation sites is 1. The van der Waals surface area contributed by atoms with Crippen molar-refractivity contribution in [2.75, 3.05) is 11.9 Å². The number of aryl methyl sites for hydroxylation is 1. The van der Waals surface area contributed by atoms with Crippen LogP contribution in [0.25, 0.3) is 10.9 Å². The van der Waals surface area contributed by atoms with Gasteiger partial charge >= 0.3 is 5.97 Å². The number of benzene rings is 2. The highest BCUT2D eigenvalue weighted by Crippen LogP contribution is 2.31. The molecule has 4 rings (SSSR count). The molecule has 148 valence electrons. The highest BCUT2D eigenvalue weighted by atomic mass is 16.6. The van der Waals surface area contributed by atoms with Gasteiger partial charge in [-0.3, -0.25) is 14.9 Å². The fraction of sp³-hybridized carbons (Fsp3) is 0.238. The number of fused-ring (bicyclic) bond motifs is 1. The predicted molar refractivity (Wildman–Crippen MR) is 107 cm³/mol. The summed E-state index contributed by atoms with van der Waals surface area (Å²) in [7, 11) is 0. The topological polar surface area (TPSA) is 114 Å². The lowest BCUT2D eigenvalue weighted by Crippen LogP contribution is -2.15. The molecular formula is C21H19N3O5. The molecule has 0 unspecified atom stereocenters. The van der Waals surface area contributed by atoms with Gasteiger partial charge in [0.15, 0.2) is 6.61 Å². The minimum atomic E-state index is -0.781. The van der Waals surface area contributed by atoms with Crippen molar-refractivity contribution in [3.8, 4) is 0 Å². The number of aromatic nitrogens is 1. The minimum absolute atomic E-state index is 0.0292. The van der Waals surface area contributed by atoms with Gasteiger partial charge in [0, 0.05) is 34.3 Å². The summed E-state index contributed by atoms with van der Waals surface area (Å²) in [6, 6.07) is 11.7. The average molecular weight is 393 g/mol. The number of nitro groups is 1. The molecule has 8 heteroatoms. The fourth-order valence-corrected chi connectivity index (χ4v) is 3.30. The number of hydrogen-bond donors (Lipinski definition) is 2. The van der Waals surface area contributed by atoms with Gasteiger partial charge in [0.2, 0.25) is 5.78 Å². The first kappa shape index (κ1) is 18.7. The zero-order valence-corrected chi connectivity index (χ0v) is 15.7. The first-order chi connectivity index (χ1) is 13.9. The van der Waals surface area contributed by atoms with Crippen molar-refractivity contribution in [1.29, 1.82) is 0 Å². The van der Waals surface area contributed by atoms with Crippen LogP contribution >= 0.6 is 0 Å². The maximum absolute atomic E-state index is 12.6. The summed E-state index contributed by atoms with van der Waals surface area (Å²) < 4.78 is 5.14. The lowest BCUT2D eigenvalue weighted by Gasteiger charge is -2.08.